The van der Waals surface area contributed by atoms with Crippen molar-refractivity contribution in [1.29, 1.82) is 0 Å². The highest BCUT2D eigenvalue weighted by atomic mass is 32.2. The lowest BCUT2D eigenvalue weighted by Gasteiger charge is -2.38. The van der Waals surface area contributed by atoms with Gasteiger partial charge < -0.3 is 10.4 Å². The fraction of sp³-hybridized carbons (Fsp3) is 0.917. The van der Waals surface area contributed by atoms with E-state index in [-0.39, 0.29) is 11.2 Å². The molecule has 7 heteroatoms. The summed E-state index contributed by atoms with van der Waals surface area (Å²) in [6.07, 6.45) is -1.17. The zero-order valence-corrected chi connectivity index (χ0v) is 11.7. The van der Waals surface area contributed by atoms with Crippen molar-refractivity contribution in [2.45, 2.75) is 44.9 Å². The average Bonchev–Trinajstić information content (AvgIpc) is 2.29. The van der Waals surface area contributed by atoms with Crippen LogP contribution in [0.4, 0.5) is 13.2 Å². The molecular weight excluding hydrogens is 279 g/mol. The Morgan fingerprint density at radius 3 is 2.74 bits per heavy atom. The van der Waals surface area contributed by atoms with Crippen LogP contribution >= 0.6 is 11.8 Å². The summed E-state index contributed by atoms with van der Waals surface area (Å²) in [6, 6.07) is 0. The molecule has 2 unspecified atom stereocenters. The van der Waals surface area contributed by atoms with Crippen molar-refractivity contribution < 1.29 is 23.1 Å². The Kier molecular flexibility index (Phi) is 5.98. The normalized spacial score (nSPS) is 28.2. The van der Waals surface area contributed by atoms with Crippen LogP contribution in [-0.2, 0) is 4.79 Å². The van der Waals surface area contributed by atoms with Gasteiger partial charge >= 0.3 is 6.18 Å². The predicted molar refractivity (Wildman–Crippen MR) is 69.0 cm³/mol. The van der Waals surface area contributed by atoms with Crippen LogP contribution < -0.4 is 5.32 Å². The maximum atomic E-state index is 11.9. The summed E-state index contributed by atoms with van der Waals surface area (Å²) in [5.74, 6) is -1.63. The van der Waals surface area contributed by atoms with Crippen LogP contribution in [0.25, 0.3) is 0 Å². The molecule has 0 saturated heterocycles. The van der Waals surface area contributed by atoms with Gasteiger partial charge in [-0.15, -0.1) is 11.8 Å². The number of aliphatic hydroxyl groups excluding tert-OH is 1. The number of carbonyl (C=O) groups excluding carboxylic acids is 1. The van der Waals surface area contributed by atoms with E-state index in [1.807, 2.05) is 6.92 Å². The number of carbonyl (C=O) groups is 1. The molecule has 0 aromatic rings. The third-order valence-corrected chi connectivity index (χ3v) is 4.47. The quantitative estimate of drug-likeness (QED) is 0.819. The Balaban J connectivity index is 2.26. The average molecular weight is 299 g/mol. The van der Waals surface area contributed by atoms with E-state index in [4.69, 9.17) is 0 Å². The van der Waals surface area contributed by atoms with Gasteiger partial charge in [-0.2, -0.15) is 13.2 Å². The van der Waals surface area contributed by atoms with E-state index in [1.165, 1.54) is 0 Å². The molecule has 19 heavy (non-hydrogen) atoms. The van der Waals surface area contributed by atoms with Gasteiger partial charge in [0.2, 0.25) is 5.91 Å². The Morgan fingerprint density at radius 1 is 1.47 bits per heavy atom. The minimum atomic E-state index is -4.24. The third kappa shape index (κ3) is 6.03. The van der Waals surface area contributed by atoms with Crippen molar-refractivity contribution >= 4 is 17.7 Å². The molecule has 2 N–H and O–H groups in total. The first-order valence-electron chi connectivity index (χ1n) is 6.32. The Labute approximate surface area is 115 Å². The summed E-state index contributed by atoms with van der Waals surface area (Å²) in [4.78, 5) is 11.4. The van der Waals surface area contributed by atoms with Gasteiger partial charge in [0.25, 0.3) is 0 Å². The van der Waals surface area contributed by atoms with E-state index in [2.05, 4.69) is 5.32 Å². The molecule has 0 aromatic heterocycles. The van der Waals surface area contributed by atoms with Crippen LogP contribution in [0.1, 0.15) is 32.6 Å². The molecule has 1 saturated carbocycles. The number of hydrogen-bond donors (Lipinski definition) is 2. The summed E-state index contributed by atoms with van der Waals surface area (Å²) < 4.78 is 35.7. The standard InChI is InChI=1S/C12H20F3NO2S/c1-11(5-3-2-4-9(11)17)7-16-10(18)6-19-8-12(13,14)15/h9,17H,2-8H2,1H3,(H,16,18). The van der Waals surface area contributed by atoms with Crippen molar-refractivity contribution in [3.8, 4) is 0 Å². The van der Waals surface area contributed by atoms with E-state index in [0.29, 0.717) is 18.3 Å². The summed E-state index contributed by atoms with van der Waals surface area (Å²) >= 11 is 0.555. The van der Waals surface area contributed by atoms with E-state index in [9.17, 15) is 23.1 Å². The molecule has 0 heterocycles. The smallest absolute Gasteiger partial charge is 0.392 e. The largest absolute Gasteiger partial charge is 0.397 e. The molecule has 0 aliphatic heterocycles. The summed E-state index contributed by atoms with van der Waals surface area (Å²) in [5.41, 5.74) is -0.359. The van der Waals surface area contributed by atoms with Gasteiger partial charge in [-0.1, -0.05) is 19.8 Å². The van der Waals surface area contributed by atoms with Crippen molar-refractivity contribution in [2.75, 3.05) is 18.1 Å². The Hall–Kier alpha value is -0.430. The van der Waals surface area contributed by atoms with Crippen LogP contribution in [0.5, 0.6) is 0 Å². The molecule has 112 valence electrons. The topological polar surface area (TPSA) is 49.3 Å². The van der Waals surface area contributed by atoms with Crippen LogP contribution in [0.3, 0.4) is 0 Å². The van der Waals surface area contributed by atoms with E-state index < -0.39 is 23.9 Å². The zero-order valence-electron chi connectivity index (χ0n) is 10.9. The van der Waals surface area contributed by atoms with Crippen molar-refractivity contribution in [1.82, 2.24) is 5.32 Å². The predicted octanol–water partition coefficient (Wildman–Crippen LogP) is 2.34. The lowest BCUT2D eigenvalue weighted by molar-refractivity contribution is -0.119. The lowest BCUT2D eigenvalue weighted by atomic mass is 9.73. The molecule has 0 spiro atoms. The molecule has 0 radical (unpaired) electrons. The summed E-state index contributed by atoms with van der Waals surface area (Å²) in [7, 11) is 0. The first-order chi connectivity index (χ1) is 8.73. The van der Waals surface area contributed by atoms with Crippen molar-refractivity contribution in [3.05, 3.63) is 0 Å². The highest BCUT2D eigenvalue weighted by Crippen LogP contribution is 2.35. The van der Waals surface area contributed by atoms with Crippen LogP contribution in [0.2, 0.25) is 0 Å². The molecule has 1 amide bonds. The number of aliphatic hydroxyl groups is 1. The van der Waals surface area contributed by atoms with E-state index in [0.717, 1.165) is 25.7 Å². The fourth-order valence-electron chi connectivity index (χ4n) is 2.20. The number of alkyl halides is 3. The second-order valence-corrected chi connectivity index (χ2v) is 6.29. The van der Waals surface area contributed by atoms with Crippen LogP contribution in [0.15, 0.2) is 0 Å². The SMILES string of the molecule is CC1(CNC(=O)CSCC(F)(F)F)CCCCC1O. The summed E-state index contributed by atoms with van der Waals surface area (Å²) in [5, 5.41) is 12.5. The molecule has 0 aromatic carbocycles. The van der Waals surface area contributed by atoms with Gasteiger partial charge in [-0.05, 0) is 12.8 Å². The molecule has 1 aliphatic carbocycles. The molecule has 3 nitrogen and oxygen atoms in total. The number of halogens is 3. The molecule has 1 aliphatic rings. The molecule has 0 bridgehead atoms. The fourth-order valence-corrected chi connectivity index (χ4v) is 2.82. The first kappa shape index (κ1) is 16.6. The molecule has 2 atom stereocenters. The van der Waals surface area contributed by atoms with E-state index in [1.54, 1.807) is 0 Å². The van der Waals surface area contributed by atoms with Gasteiger partial charge in [-0.3, -0.25) is 4.79 Å². The van der Waals surface area contributed by atoms with Gasteiger partial charge in [0, 0.05) is 12.0 Å². The van der Waals surface area contributed by atoms with Gasteiger partial charge in [-0.25, -0.2) is 0 Å². The first-order valence-corrected chi connectivity index (χ1v) is 7.48. The number of thioether (sulfide) groups is 1. The number of rotatable bonds is 5. The Morgan fingerprint density at radius 2 is 2.16 bits per heavy atom. The maximum absolute atomic E-state index is 11.9. The van der Waals surface area contributed by atoms with Gasteiger partial charge in [0.05, 0.1) is 17.6 Å². The minimum Gasteiger partial charge on any atom is -0.392 e. The zero-order chi connectivity index (χ0) is 14.5. The monoisotopic (exact) mass is 299 g/mol. The minimum absolute atomic E-state index is 0.203. The van der Waals surface area contributed by atoms with Gasteiger partial charge in [0.15, 0.2) is 0 Å². The van der Waals surface area contributed by atoms with Crippen LogP contribution in [0, 0.1) is 5.41 Å². The van der Waals surface area contributed by atoms with Crippen LogP contribution in [-0.4, -0.2) is 41.3 Å². The van der Waals surface area contributed by atoms with E-state index >= 15 is 0 Å². The number of hydrogen-bond acceptors (Lipinski definition) is 3. The van der Waals surface area contributed by atoms with Crippen molar-refractivity contribution in [3.63, 3.8) is 0 Å². The maximum Gasteiger partial charge on any atom is 0.397 e. The number of amides is 1. The van der Waals surface area contributed by atoms with Gasteiger partial charge in [0.1, 0.15) is 0 Å². The summed E-state index contributed by atoms with van der Waals surface area (Å²) in [6.45, 7) is 2.22. The third-order valence-electron chi connectivity index (χ3n) is 3.47. The molecular formula is C12H20F3NO2S. The second kappa shape index (κ2) is 6.83. The van der Waals surface area contributed by atoms with Crippen molar-refractivity contribution in [2.24, 2.45) is 5.41 Å². The highest BCUT2D eigenvalue weighted by Gasteiger charge is 2.35. The molecule has 1 rings (SSSR count). The molecule has 1 fully saturated rings. The second-order valence-electron chi connectivity index (χ2n) is 5.30. The number of nitrogens with one attached hydrogen (secondary N) is 1. The lowest BCUT2D eigenvalue weighted by Crippen LogP contribution is -2.45. The Bertz CT molecular complexity index is 312. The highest BCUT2D eigenvalue weighted by molar-refractivity contribution is 8.00.